The number of amides is 1. The van der Waals surface area contributed by atoms with Gasteiger partial charge in [-0.2, -0.15) is 0 Å². The number of nitrogens with one attached hydrogen (secondary N) is 2. The lowest BCUT2D eigenvalue weighted by atomic mass is 10.2. The van der Waals surface area contributed by atoms with Crippen LogP contribution in [0.25, 0.3) is 0 Å². The largest absolute Gasteiger partial charge is 0.444 e. The summed E-state index contributed by atoms with van der Waals surface area (Å²) in [6, 6.07) is 5.42. The van der Waals surface area contributed by atoms with E-state index in [1.54, 1.807) is 12.1 Å². The second-order valence-electron chi connectivity index (χ2n) is 6.25. The molecule has 1 amide bonds. The summed E-state index contributed by atoms with van der Waals surface area (Å²) >= 11 is 12.0. The SMILES string of the molecule is CC(CCNCc1cc(Cl)ccc1Cl)NC(=O)OC(C)(C)C. The average molecular weight is 347 g/mol. The molecule has 124 valence electrons. The van der Waals surface area contributed by atoms with E-state index in [9.17, 15) is 4.79 Å². The molecule has 0 aromatic heterocycles. The third kappa shape index (κ3) is 7.87. The maximum absolute atomic E-state index is 11.6. The number of hydrogen-bond acceptors (Lipinski definition) is 3. The quantitative estimate of drug-likeness (QED) is 0.751. The number of halogens is 2. The normalized spacial score (nSPS) is 12.8. The minimum atomic E-state index is -0.481. The molecule has 1 aromatic carbocycles. The number of carbonyl (C=O) groups excluding carboxylic acids is 1. The number of benzene rings is 1. The van der Waals surface area contributed by atoms with Gasteiger partial charge in [-0.1, -0.05) is 23.2 Å². The number of alkyl carbamates (subject to hydrolysis) is 1. The summed E-state index contributed by atoms with van der Waals surface area (Å²) in [6.07, 6.45) is 0.398. The van der Waals surface area contributed by atoms with Crippen molar-refractivity contribution in [2.45, 2.75) is 52.3 Å². The molecule has 2 N–H and O–H groups in total. The molecule has 0 spiro atoms. The fourth-order valence-corrected chi connectivity index (χ4v) is 2.18. The second kappa shape index (κ2) is 8.61. The van der Waals surface area contributed by atoms with Gasteiger partial charge >= 0.3 is 6.09 Å². The van der Waals surface area contributed by atoms with Gasteiger partial charge in [0.1, 0.15) is 5.60 Å². The van der Waals surface area contributed by atoms with Crippen LogP contribution in [0.5, 0.6) is 0 Å². The highest BCUT2D eigenvalue weighted by molar-refractivity contribution is 6.33. The number of hydrogen-bond donors (Lipinski definition) is 2. The zero-order valence-electron chi connectivity index (χ0n) is 13.5. The minimum absolute atomic E-state index is 0.0252. The third-order valence-electron chi connectivity index (χ3n) is 2.84. The summed E-state index contributed by atoms with van der Waals surface area (Å²) in [4.78, 5) is 11.6. The monoisotopic (exact) mass is 346 g/mol. The molecule has 4 nitrogen and oxygen atoms in total. The van der Waals surface area contributed by atoms with E-state index in [0.29, 0.717) is 16.6 Å². The highest BCUT2D eigenvalue weighted by atomic mass is 35.5. The molecule has 1 atom stereocenters. The molecule has 1 rings (SSSR count). The van der Waals surface area contributed by atoms with E-state index < -0.39 is 11.7 Å². The number of rotatable bonds is 6. The molecule has 0 aliphatic rings. The van der Waals surface area contributed by atoms with Crippen LogP contribution in [0.1, 0.15) is 39.7 Å². The summed E-state index contributed by atoms with van der Waals surface area (Å²) in [5.74, 6) is 0. The summed E-state index contributed by atoms with van der Waals surface area (Å²) < 4.78 is 5.21. The van der Waals surface area contributed by atoms with Gasteiger partial charge in [0.15, 0.2) is 0 Å². The lowest BCUT2D eigenvalue weighted by Crippen LogP contribution is -2.38. The van der Waals surface area contributed by atoms with Gasteiger partial charge in [-0.05, 0) is 64.4 Å². The molecule has 6 heteroatoms. The standard InChI is InChI=1S/C16H24Cl2N2O2/c1-11(20-15(21)22-16(2,3)4)7-8-19-10-12-9-13(17)5-6-14(12)18/h5-6,9,11,19H,7-8,10H2,1-4H3,(H,20,21). The Morgan fingerprint density at radius 2 is 2.00 bits per heavy atom. The van der Waals surface area contributed by atoms with E-state index in [1.165, 1.54) is 0 Å². The first-order chi connectivity index (χ1) is 10.2. The van der Waals surface area contributed by atoms with Gasteiger partial charge in [-0.25, -0.2) is 4.79 Å². The fourth-order valence-electron chi connectivity index (χ4n) is 1.80. The molecule has 22 heavy (non-hydrogen) atoms. The van der Waals surface area contributed by atoms with Gasteiger partial charge in [-0.3, -0.25) is 0 Å². The van der Waals surface area contributed by atoms with Crippen LogP contribution in [-0.2, 0) is 11.3 Å². The topological polar surface area (TPSA) is 50.4 Å². The number of carbonyl (C=O) groups is 1. The molecule has 0 heterocycles. The summed E-state index contributed by atoms with van der Waals surface area (Å²) in [7, 11) is 0. The van der Waals surface area contributed by atoms with Crippen molar-refractivity contribution in [3.63, 3.8) is 0 Å². The summed E-state index contributed by atoms with van der Waals surface area (Å²) in [5, 5.41) is 7.45. The fraction of sp³-hybridized carbons (Fsp3) is 0.562. The predicted octanol–water partition coefficient (Wildman–Crippen LogP) is 4.39. The van der Waals surface area contributed by atoms with E-state index in [2.05, 4.69) is 10.6 Å². The van der Waals surface area contributed by atoms with E-state index in [-0.39, 0.29) is 6.04 Å². The van der Waals surface area contributed by atoms with Gasteiger partial charge in [0.2, 0.25) is 0 Å². The maximum atomic E-state index is 11.6. The Morgan fingerprint density at radius 1 is 1.32 bits per heavy atom. The van der Waals surface area contributed by atoms with Crippen LogP contribution in [-0.4, -0.2) is 24.3 Å². The molecule has 0 aliphatic heterocycles. The van der Waals surface area contributed by atoms with Crippen molar-refractivity contribution in [2.24, 2.45) is 0 Å². The van der Waals surface area contributed by atoms with Crippen LogP contribution in [0.15, 0.2) is 18.2 Å². The molecule has 0 bridgehead atoms. The van der Waals surface area contributed by atoms with Crippen LogP contribution in [0.2, 0.25) is 10.0 Å². The Balaban J connectivity index is 2.26. The summed E-state index contributed by atoms with van der Waals surface area (Å²) in [5.41, 5.74) is 0.479. The molecular formula is C16H24Cl2N2O2. The van der Waals surface area contributed by atoms with E-state index in [1.807, 2.05) is 33.8 Å². The first-order valence-corrected chi connectivity index (χ1v) is 8.07. The predicted molar refractivity (Wildman–Crippen MR) is 91.6 cm³/mol. The Labute approximate surface area is 142 Å². The molecule has 0 saturated heterocycles. The highest BCUT2D eigenvalue weighted by Crippen LogP contribution is 2.20. The Bertz CT molecular complexity index is 501. The van der Waals surface area contributed by atoms with E-state index in [4.69, 9.17) is 27.9 Å². The molecule has 1 unspecified atom stereocenters. The lowest BCUT2D eigenvalue weighted by Gasteiger charge is -2.22. The lowest BCUT2D eigenvalue weighted by molar-refractivity contribution is 0.0506. The van der Waals surface area contributed by atoms with Crippen LogP contribution < -0.4 is 10.6 Å². The van der Waals surface area contributed by atoms with Crippen molar-refractivity contribution in [3.05, 3.63) is 33.8 Å². The van der Waals surface area contributed by atoms with E-state index in [0.717, 1.165) is 18.5 Å². The molecule has 0 radical (unpaired) electrons. The van der Waals surface area contributed by atoms with Gasteiger partial charge in [-0.15, -0.1) is 0 Å². The average Bonchev–Trinajstić information content (AvgIpc) is 2.36. The zero-order chi connectivity index (χ0) is 16.8. The first-order valence-electron chi connectivity index (χ1n) is 7.31. The van der Waals surface area contributed by atoms with Crippen molar-refractivity contribution >= 4 is 29.3 Å². The van der Waals surface area contributed by atoms with E-state index >= 15 is 0 Å². The van der Waals surface area contributed by atoms with Gasteiger partial charge in [0.05, 0.1) is 0 Å². The molecular weight excluding hydrogens is 323 g/mol. The van der Waals surface area contributed by atoms with Gasteiger partial charge in [0.25, 0.3) is 0 Å². The van der Waals surface area contributed by atoms with Gasteiger partial charge < -0.3 is 15.4 Å². The number of ether oxygens (including phenoxy) is 1. The van der Waals surface area contributed by atoms with Crippen molar-refractivity contribution in [1.29, 1.82) is 0 Å². The van der Waals surface area contributed by atoms with Crippen molar-refractivity contribution in [2.75, 3.05) is 6.54 Å². The summed E-state index contributed by atoms with van der Waals surface area (Å²) in [6.45, 7) is 8.85. The maximum Gasteiger partial charge on any atom is 0.407 e. The molecule has 1 aromatic rings. The second-order valence-corrected chi connectivity index (χ2v) is 7.09. The minimum Gasteiger partial charge on any atom is -0.444 e. The molecule has 0 saturated carbocycles. The zero-order valence-corrected chi connectivity index (χ0v) is 15.0. The van der Waals surface area contributed by atoms with Crippen molar-refractivity contribution in [3.8, 4) is 0 Å². The van der Waals surface area contributed by atoms with Crippen molar-refractivity contribution in [1.82, 2.24) is 10.6 Å². The molecule has 0 aliphatic carbocycles. The van der Waals surface area contributed by atoms with Gasteiger partial charge in [0, 0.05) is 22.6 Å². The van der Waals surface area contributed by atoms with Crippen LogP contribution in [0.4, 0.5) is 4.79 Å². The third-order valence-corrected chi connectivity index (χ3v) is 3.44. The molecule has 0 fully saturated rings. The Kier molecular flexibility index (Phi) is 7.46. The van der Waals surface area contributed by atoms with Crippen LogP contribution in [0, 0.1) is 0 Å². The van der Waals surface area contributed by atoms with Crippen LogP contribution in [0.3, 0.4) is 0 Å². The van der Waals surface area contributed by atoms with Crippen molar-refractivity contribution < 1.29 is 9.53 Å². The smallest absolute Gasteiger partial charge is 0.407 e. The first kappa shape index (κ1) is 19.1. The highest BCUT2D eigenvalue weighted by Gasteiger charge is 2.17. The Morgan fingerprint density at radius 3 is 2.64 bits per heavy atom. The van der Waals surface area contributed by atoms with Crippen LogP contribution >= 0.6 is 23.2 Å². The Hall–Kier alpha value is -0.970.